The predicted octanol–water partition coefficient (Wildman–Crippen LogP) is 1.95. The number of benzene rings is 1. The third-order valence-corrected chi connectivity index (χ3v) is 7.06. The van der Waals surface area contributed by atoms with Gasteiger partial charge in [-0.05, 0) is 24.8 Å². The van der Waals surface area contributed by atoms with E-state index < -0.39 is 15.6 Å². The Hall–Kier alpha value is -1.81. The molecule has 0 radical (unpaired) electrons. The number of sulfonamides is 1. The molecule has 1 atom stereocenters. The Morgan fingerprint density at radius 1 is 1.36 bits per heavy atom. The van der Waals surface area contributed by atoms with Gasteiger partial charge in [-0.15, -0.1) is 0 Å². The van der Waals surface area contributed by atoms with Crippen LogP contribution in [0.2, 0.25) is 0 Å². The molecular weight excluding hydrogens is 385 g/mol. The monoisotopic (exact) mass is 409 g/mol. The molecule has 9 heteroatoms. The van der Waals surface area contributed by atoms with E-state index in [-0.39, 0.29) is 17.5 Å². The number of rotatable bonds is 7. The van der Waals surface area contributed by atoms with Gasteiger partial charge in [-0.1, -0.05) is 18.2 Å². The van der Waals surface area contributed by atoms with Gasteiger partial charge in [-0.2, -0.15) is 4.31 Å². The lowest BCUT2D eigenvalue weighted by Crippen LogP contribution is -2.63. The van der Waals surface area contributed by atoms with Gasteiger partial charge in [0, 0.05) is 38.5 Å². The summed E-state index contributed by atoms with van der Waals surface area (Å²) in [5.74, 6) is 0.0645. The molecular formula is C19H24FN3O4S. The minimum absolute atomic E-state index is 0.0703. The zero-order chi connectivity index (χ0) is 19.8. The molecule has 1 aromatic carbocycles. The van der Waals surface area contributed by atoms with Crippen LogP contribution in [0.3, 0.4) is 0 Å². The molecule has 2 fully saturated rings. The lowest BCUT2D eigenvalue weighted by atomic mass is 9.88. The summed E-state index contributed by atoms with van der Waals surface area (Å²) >= 11 is 0. The maximum absolute atomic E-state index is 13.6. The smallest absolute Gasteiger partial charge is 0.262 e. The van der Waals surface area contributed by atoms with Gasteiger partial charge >= 0.3 is 0 Å². The molecule has 1 aromatic heterocycles. The zero-order valence-electron chi connectivity index (χ0n) is 15.8. The summed E-state index contributed by atoms with van der Waals surface area (Å²) in [4.78, 5) is 3.95. The van der Waals surface area contributed by atoms with Crippen molar-refractivity contribution in [2.75, 3.05) is 26.3 Å². The summed E-state index contributed by atoms with van der Waals surface area (Å²) in [6.45, 7) is 2.09. The van der Waals surface area contributed by atoms with Gasteiger partial charge in [0.05, 0.1) is 25.1 Å². The fraction of sp³-hybridized carbons (Fsp3) is 0.526. The second-order valence-electron chi connectivity index (χ2n) is 7.65. The van der Waals surface area contributed by atoms with E-state index in [1.54, 1.807) is 29.8 Å². The Morgan fingerprint density at radius 3 is 2.86 bits per heavy atom. The molecule has 2 aromatic rings. The molecule has 2 saturated heterocycles. The Bertz CT molecular complexity index is 940. The topological polar surface area (TPSA) is 73.7 Å². The van der Waals surface area contributed by atoms with Gasteiger partial charge in [0.2, 0.25) is 0 Å². The first-order valence-corrected chi connectivity index (χ1v) is 10.8. The summed E-state index contributed by atoms with van der Waals surface area (Å²) < 4.78 is 53.3. The summed E-state index contributed by atoms with van der Waals surface area (Å²) in [7, 11) is -1.82. The Balaban J connectivity index is 1.23. The van der Waals surface area contributed by atoms with E-state index in [4.69, 9.17) is 9.47 Å². The maximum atomic E-state index is 13.6. The largest absolute Gasteiger partial charge is 0.377 e. The van der Waals surface area contributed by atoms with Crippen molar-refractivity contribution in [3.8, 4) is 0 Å². The number of imidazole rings is 1. The van der Waals surface area contributed by atoms with Crippen LogP contribution < -0.4 is 0 Å². The number of ether oxygens (including phenoxy) is 2. The first kappa shape index (κ1) is 19.5. The van der Waals surface area contributed by atoms with Gasteiger partial charge < -0.3 is 14.0 Å². The molecule has 1 unspecified atom stereocenters. The lowest BCUT2D eigenvalue weighted by molar-refractivity contribution is -0.0774. The molecule has 28 heavy (non-hydrogen) atoms. The molecule has 0 bridgehead atoms. The van der Waals surface area contributed by atoms with Crippen molar-refractivity contribution in [1.82, 2.24) is 13.9 Å². The molecule has 2 aliphatic heterocycles. The van der Waals surface area contributed by atoms with Crippen molar-refractivity contribution in [3.05, 3.63) is 48.2 Å². The molecule has 3 heterocycles. The number of aromatic nitrogens is 2. The van der Waals surface area contributed by atoms with E-state index in [2.05, 4.69) is 4.98 Å². The minimum atomic E-state index is -3.56. The molecule has 0 N–H and O–H groups in total. The van der Waals surface area contributed by atoms with Crippen LogP contribution in [0.5, 0.6) is 0 Å². The van der Waals surface area contributed by atoms with E-state index in [1.807, 2.05) is 0 Å². The molecule has 0 aliphatic carbocycles. The van der Waals surface area contributed by atoms with Crippen molar-refractivity contribution in [2.45, 2.75) is 30.1 Å². The normalized spacial score (nSPS) is 21.9. The quantitative estimate of drug-likeness (QED) is 0.654. The van der Waals surface area contributed by atoms with Crippen molar-refractivity contribution in [2.24, 2.45) is 13.0 Å². The van der Waals surface area contributed by atoms with E-state index in [9.17, 15) is 12.8 Å². The highest BCUT2D eigenvalue weighted by atomic mass is 32.2. The van der Waals surface area contributed by atoms with Crippen molar-refractivity contribution < 1.29 is 22.3 Å². The average Bonchev–Trinajstić information content (AvgIpc) is 3.26. The molecule has 4 rings (SSSR count). The van der Waals surface area contributed by atoms with Gasteiger partial charge in [-0.25, -0.2) is 17.8 Å². The highest BCUT2D eigenvalue weighted by Gasteiger charge is 2.53. The van der Waals surface area contributed by atoms with E-state index in [0.29, 0.717) is 37.8 Å². The second-order valence-corrected chi connectivity index (χ2v) is 9.53. The molecule has 152 valence electrons. The molecule has 7 nitrogen and oxygen atoms in total. The minimum Gasteiger partial charge on any atom is -0.377 e. The fourth-order valence-corrected chi connectivity index (χ4v) is 5.37. The van der Waals surface area contributed by atoms with Gasteiger partial charge in [0.1, 0.15) is 5.82 Å². The number of nitrogens with zero attached hydrogens (tertiary/aromatic N) is 3. The standard InChI is InChI=1S/C19H24FN3O4S/c1-22-9-18(21-14-22)28(24,25)23-12-19(13-23)8-15(10-27-19)6-7-26-11-16-4-2-3-5-17(16)20/h2-5,9,14-15H,6-8,10-13H2,1H3. The lowest BCUT2D eigenvalue weighted by Gasteiger charge is -2.45. The van der Waals surface area contributed by atoms with E-state index >= 15 is 0 Å². The summed E-state index contributed by atoms with van der Waals surface area (Å²) in [6, 6.07) is 6.59. The van der Waals surface area contributed by atoms with Crippen LogP contribution in [-0.4, -0.2) is 54.2 Å². The van der Waals surface area contributed by atoms with E-state index in [0.717, 1.165) is 12.8 Å². The van der Waals surface area contributed by atoms with Gasteiger partial charge in [-0.3, -0.25) is 0 Å². The van der Waals surface area contributed by atoms with Crippen LogP contribution in [0, 0.1) is 11.7 Å². The Kier molecular flexibility index (Phi) is 5.26. The highest BCUT2D eigenvalue weighted by molar-refractivity contribution is 7.89. The molecule has 1 spiro atoms. The van der Waals surface area contributed by atoms with Crippen LogP contribution >= 0.6 is 0 Å². The number of hydrogen-bond donors (Lipinski definition) is 0. The average molecular weight is 409 g/mol. The summed E-state index contributed by atoms with van der Waals surface area (Å²) in [5, 5.41) is 0.0703. The molecule has 2 aliphatic rings. The van der Waals surface area contributed by atoms with Crippen molar-refractivity contribution in [1.29, 1.82) is 0 Å². The Morgan fingerprint density at radius 2 is 2.14 bits per heavy atom. The Labute approximate surface area is 164 Å². The summed E-state index contributed by atoms with van der Waals surface area (Å²) in [5.41, 5.74) is 0.161. The number of halogens is 1. The van der Waals surface area contributed by atoms with Crippen molar-refractivity contribution >= 4 is 10.0 Å². The molecule has 0 saturated carbocycles. The second kappa shape index (κ2) is 7.55. The number of aryl methyl sites for hydroxylation is 1. The van der Waals surface area contributed by atoms with Crippen LogP contribution in [0.25, 0.3) is 0 Å². The highest BCUT2D eigenvalue weighted by Crippen LogP contribution is 2.41. The first-order valence-electron chi connectivity index (χ1n) is 9.31. The van der Waals surface area contributed by atoms with Crippen LogP contribution in [0.1, 0.15) is 18.4 Å². The SMILES string of the molecule is Cn1cnc(S(=O)(=O)N2CC3(CC(CCOCc4ccccc4F)CO3)C2)c1. The third-order valence-electron chi connectivity index (χ3n) is 5.39. The maximum Gasteiger partial charge on any atom is 0.262 e. The zero-order valence-corrected chi connectivity index (χ0v) is 16.6. The van der Waals surface area contributed by atoms with E-state index in [1.165, 1.54) is 22.9 Å². The van der Waals surface area contributed by atoms with Crippen LogP contribution in [0.15, 0.2) is 41.8 Å². The number of hydrogen-bond acceptors (Lipinski definition) is 5. The molecule has 0 amide bonds. The van der Waals surface area contributed by atoms with Gasteiger partial charge in [0.15, 0.2) is 5.03 Å². The third kappa shape index (κ3) is 3.84. The summed E-state index contributed by atoms with van der Waals surface area (Å²) in [6.07, 6.45) is 4.60. The fourth-order valence-electron chi connectivity index (χ4n) is 3.81. The predicted molar refractivity (Wildman–Crippen MR) is 99.4 cm³/mol. The first-order chi connectivity index (χ1) is 13.4. The van der Waals surface area contributed by atoms with Crippen LogP contribution in [0.4, 0.5) is 4.39 Å². The van der Waals surface area contributed by atoms with Crippen LogP contribution in [-0.2, 0) is 33.2 Å². The van der Waals surface area contributed by atoms with Gasteiger partial charge in [0.25, 0.3) is 10.0 Å². The van der Waals surface area contributed by atoms with Crippen molar-refractivity contribution in [3.63, 3.8) is 0 Å².